The van der Waals surface area contributed by atoms with E-state index in [2.05, 4.69) is 33.3 Å². The zero-order chi connectivity index (χ0) is 21.9. The molecule has 3 rings (SSSR count). The van der Waals surface area contributed by atoms with Crippen LogP contribution in [0.4, 0.5) is 0 Å². The first-order chi connectivity index (χ1) is 14.1. The van der Waals surface area contributed by atoms with Crippen molar-refractivity contribution in [3.8, 4) is 0 Å². The summed E-state index contributed by atoms with van der Waals surface area (Å²) in [6.45, 7) is 0. The molecule has 2 atom stereocenters. The summed E-state index contributed by atoms with van der Waals surface area (Å²) in [5.74, 6) is -0.768. The second kappa shape index (κ2) is 9.11. The second-order valence-electron chi connectivity index (χ2n) is 8.62. The lowest BCUT2D eigenvalue weighted by atomic mass is 9.86. The maximum absolute atomic E-state index is 13.5. The van der Waals surface area contributed by atoms with Crippen LogP contribution >= 0.6 is 23.2 Å². The Morgan fingerprint density at radius 3 is 2.07 bits per heavy atom. The Kier molecular flexibility index (Phi) is 6.93. The third-order valence-corrected chi connectivity index (χ3v) is 6.27. The second-order valence-corrected chi connectivity index (χ2v) is 9.44. The normalized spacial score (nSPS) is 19.9. The highest BCUT2D eigenvalue weighted by atomic mass is 35.5. The lowest BCUT2D eigenvalue weighted by molar-refractivity contribution is -0.889. The number of ether oxygens (including phenoxy) is 1. The van der Waals surface area contributed by atoms with Crippen LogP contribution in [0, 0.1) is 0 Å². The maximum Gasteiger partial charge on any atom is 0.348 e. The van der Waals surface area contributed by atoms with Crippen molar-refractivity contribution < 1.29 is 19.1 Å². The molecule has 0 radical (unpaired) electrons. The third-order valence-electron chi connectivity index (χ3n) is 5.61. The molecule has 0 spiro atoms. The molecule has 0 heterocycles. The molecule has 1 aliphatic rings. The Labute approximate surface area is 188 Å². The topological polar surface area (TPSA) is 46.5 Å². The first-order valence-electron chi connectivity index (χ1n) is 10.0. The van der Waals surface area contributed by atoms with Crippen LogP contribution in [0.25, 0.3) is 0 Å². The first-order valence-corrected chi connectivity index (χ1v) is 10.8. The van der Waals surface area contributed by atoms with E-state index < -0.39 is 11.6 Å². The predicted molar refractivity (Wildman–Crippen MR) is 121 cm³/mol. The molecular weight excluding hydrogens is 421 g/mol. The van der Waals surface area contributed by atoms with E-state index in [1.54, 1.807) is 48.5 Å². The zero-order valence-electron chi connectivity index (χ0n) is 17.5. The summed E-state index contributed by atoms with van der Waals surface area (Å²) in [7, 11) is 6.34. The van der Waals surface area contributed by atoms with Gasteiger partial charge in [0.25, 0.3) is 0 Å². The van der Waals surface area contributed by atoms with Gasteiger partial charge in [0.05, 0.1) is 21.1 Å². The highest BCUT2D eigenvalue weighted by Crippen LogP contribution is 2.39. The number of halogens is 2. The minimum Gasteiger partial charge on any atom is -0.459 e. The number of carbonyl (C=O) groups is 1. The minimum absolute atomic E-state index is 0.207. The van der Waals surface area contributed by atoms with Gasteiger partial charge in [-0.25, -0.2) is 4.79 Å². The van der Waals surface area contributed by atoms with E-state index in [1.807, 2.05) is 0 Å². The molecule has 1 unspecified atom stereocenters. The Hall–Kier alpha value is -1.85. The van der Waals surface area contributed by atoms with Crippen LogP contribution in [0.2, 0.25) is 10.0 Å². The molecule has 30 heavy (non-hydrogen) atoms. The Balaban J connectivity index is 1.98. The van der Waals surface area contributed by atoms with Crippen LogP contribution in [0.15, 0.2) is 60.7 Å². The van der Waals surface area contributed by atoms with Gasteiger partial charge in [-0.05, 0) is 31.1 Å². The average Bonchev–Trinajstić information content (AvgIpc) is 2.94. The number of hydrogen-bond donors (Lipinski definition) is 1. The van der Waals surface area contributed by atoms with Gasteiger partial charge in [-0.1, -0.05) is 65.7 Å². The highest BCUT2D eigenvalue weighted by molar-refractivity contribution is 6.33. The fourth-order valence-corrected chi connectivity index (χ4v) is 4.34. The van der Waals surface area contributed by atoms with Gasteiger partial charge < -0.3 is 14.3 Å². The average molecular weight is 449 g/mol. The summed E-state index contributed by atoms with van der Waals surface area (Å²) < 4.78 is 6.65. The number of nitrogens with zero attached hydrogens (tertiary/aromatic N) is 1. The molecule has 0 aromatic heterocycles. The van der Waals surface area contributed by atoms with Crippen molar-refractivity contribution >= 4 is 29.2 Å². The summed E-state index contributed by atoms with van der Waals surface area (Å²) in [6.07, 6.45) is 6.17. The van der Waals surface area contributed by atoms with Gasteiger partial charge in [0.1, 0.15) is 12.1 Å². The molecule has 1 N–H and O–H groups in total. The molecule has 0 saturated heterocycles. The van der Waals surface area contributed by atoms with Crippen LogP contribution in [0.5, 0.6) is 0 Å². The SMILES string of the molecule is C[N+](C)(C)C1C=CCC[C@@H](OC(=O)C(O)(c2ccccc2Cl)c2ccccc2Cl)C1. The maximum atomic E-state index is 13.5. The summed E-state index contributed by atoms with van der Waals surface area (Å²) >= 11 is 12.8. The van der Waals surface area contributed by atoms with E-state index in [0.29, 0.717) is 12.8 Å². The van der Waals surface area contributed by atoms with Crippen molar-refractivity contribution in [3.63, 3.8) is 0 Å². The standard InChI is InChI=1S/C24H28Cl2NO3/c1-27(2,3)17-10-4-5-11-18(16-17)30-23(28)24(29,19-12-6-8-14-21(19)25)20-13-7-9-15-22(20)26/h4,6-10,12-15,17-18,29H,5,11,16H2,1-3H3/q+1/t17?,18-/m1/s1. The number of aliphatic hydroxyl groups is 1. The van der Waals surface area contributed by atoms with Gasteiger partial charge in [0.2, 0.25) is 5.60 Å². The molecule has 4 nitrogen and oxygen atoms in total. The number of esters is 1. The molecule has 2 aromatic carbocycles. The van der Waals surface area contributed by atoms with Gasteiger partial charge >= 0.3 is 5.97 Å². The molecule has 0 aliphatic heterocycles. The molecule has 6 heteroatoms. The number of benzene rings is 2. The molecule has 160 valence electrons. The van der Waals surface area contributed by atoms with Crippen LogP contribution in [0.1, 0.15) is 30.4 Å². The van der Waals surface area contributed by atoms with Gasteiger partial charge in [0.15, 0.2) is 0 Å². The van der Waals surface area contributed by atoms with E-state index >= 15 is 0 Å². The highest BCUT2D eigenvalue weighted by Gasteiger charge is 2.46. The van der Waals surface area contributed by atoms with Gasteiger partial charge in [-0.2, -0.15) is 0 Å². The largest absolute Gasteiger partial charge is 0.459 e. The van der Waals surface area contributed by atoms with Crippen molar-refractivity contribution in [2.24, 2.45) is 0 Å². The molecule has 0 bridgehead atoms. The number of likely N-dealkylation sites (N-methyl/N-ethyl adjacent to an activating group) is 1. The number of carbonyl (C=O) groups excluding carboxylic acids is 1. The van der Waals surface area contributed by atoms with Crippen molar-refractivity contribution in [2.75, 3.05) is 21.1 Å². The van der Waals surface area contributed by atoms with E-state index in [4.69, 9.17) is 27.9 Å². The van der Waals surface area contributed by atoms with Gasteiger partial charge in [-0.3, -0.25) is 0 Å². The van der Waals surface area contributed by atoms with Crippen molar-refractivity contribution in [1.29, 1.82) is 0 Å². The minimum atomic E-state index is -2.11. The molecule has 0 amide bonds. The van der Waals surface area contributed by atoms with Crippen LogP contribution in [-0.2, 0) is 15.1 Å². The Morgan fingerprint density at radius 1 is 1.03 bits per heavy atom. The van der Waals surface area contributed by atoms with E-state index in [0.717, 1.165) is 10.9 Å². The first kappa shape index (κ1) is 22.8. The number of hydrogen-bond acceptors (Lipinski definition) is 3. The summed E-state index contributed by atoms with van der Waals surface area (Å²) in [4.78, 5) is 13.5. The fourth-order valence-electron chi connectivity index (χ4n) is 3.79. The molecule has 1 aliphatic carbocycles. The number of quaternary nitrogens is 1. The molecule has 0 fully saturated rings. The number of allylic oxidation sites excluding steroid dienone is 1. The van der Waals surface area contributed by atoms with E-state index in [1.165, 1.54) is 0 Å². The predicted octanol–water partition coefficient (Wildman–Crippen LogP) is 4.96. The Bertz CT molecular complexity index is 891. The van der Waals surface area contributed by atoms with E-state index in [-0.39, 0.29) is 33.3 Å². The summed E-state index contributed by atoms with van der Waals surface area (Å²) in [6, 6.07) is 13.6. The monoisotopic (exact) mass is 448 g/mol. The third kappa shape index (κ3) is 4.73. The molecule has 2 aromatic rings. The number of rotatable bonds is 5. The van der Waals surface area contributed by atoms with Crippen molar-refractivity contribution in [2.45, 2.75) is 37.0 Å². The molecular formula is C24H28Cl2NO3+. The quantitative estimate of drug-likeness (QED) is 0.399. The van der Waals surface area contributed by atoms with Crippen molar-refractivity contribution in [3.05, 3.63) is 81.9 Å². The van der Waals surface area contributed by atoms with Gasteiger partial charge in [0, 0.05) is 27.6 Å². The zero-order valence-corrected chi connectivity index (χ0v) is 19.0. The summed E-state index contributed by atoms with van der Waals surface area (Å²) in [5.41, 5.74) is -1.61. The van der Waals surface area contributed by atoms with Crippen LogP contribution in [0.3, 0.4) is 0 Å². The van der Waals surface area contributed by atoms with Crippen LogP contribution < -0.4 is 0 Å². The Morgan fingerprint density at radius 2 is 1.57 bits per heavy atom. The molecule has 0 saturated carbocycles. The fraction of sp³-hybridized carbons (Fsp3) is 0.375. The van der Waals surface area contributed by atoms with Gasteiger partial charge in [-0.15, -0.1) is 0 Å². The lowest BCUT2D eigenvalue weighted by Gasteiger charge is -2.35. The van der Waals surface area contributed by atoms with E-state index in [9.17, 15) is 9.90 Å². The van der Waals surface area contributed by atoms with Crippen LogP contribution in [-0.4, -0.2) is 48.8 Å². The smallest absolute Gasteiger partial charge is 0.348 e. The summed E-state index contributed by atoms with van der Waals surface area (Å²) in [5, 5.41) is 12.3. The van der Waals surface area contributed by atoms with Crippen molar-refractivity contribution in [1.82, 2.24) is 0 Å². The lowest BCUT2D eigenvalue weighted by Crippen LogP contribution is -2.46.